The van der Waals surface area contributed by atoms with Gasteiger partial charge in [0.2, 0.25) is 10.0 Å². The summed E-state index contributed by atoms with van der Waals surface area (Å²) in [6.07, 6.45) is 0. The molecule has 0 N–H and O–H groups in total. The van der Waals surface area contributed by atoms with Gasteiger partial charge in [-0.25, -0.2) is 8.42 Å². The molecule has 3 rings (SSSR count). The number of hydrogen-bond acceptors (Lipinski definition) is 7. The van der Waals surface area contributed by atoms with E-state index < -0.39 is 14.9 Å². The van der Waals surface area contributed by atoms with Crippen molar-refractivity contribution in [2.75, 3.05) is 32.8 Å². The predicted molar refractivity (Wildman–Crippen MR) is 110 cm³/mol. The molecule has 31 heavy (non-hydrogen) atoms. The predicted octanol–water partition coefficient (Wildman–Crippen LogP) is 2.03. The zero-order chi connectivity index (χ0) is 22.6. The van der Waals surface area contributed by atoms with Crippen LogP contribution >= 0.6 is 11.6 Å². The number of nitro benzene ring substituents is 1. The van der Waals surface area contributed by atoms with E-state index in [1.807, 2.05) is 6.07 Å². The Hall–Kier alpha value is -3.20. The van der Waals surface area contributed by atoms with Gasteiger partial charge in [0.15, 0.2) is 6.61 Å². The molecule has 12 heteroatoms. The Balaban J connectivity index is 1.59. The number of nitro groups is 1. The van der Waals surface area contributed by atoms with Crippen LogP contribution in [0, 0.1) is 21.4 Å². The van der Waals surface area contributed by atoms with Crippen LogP contribution in [-0.2, 0) is 14.8 Å². The summed E-state index contributed by atoms with van der Waals surface area (Å²) in [6.45, 7) is 0.112. The van der Waals surface area contributed by atoms with E-state index in [1.54, 1.807) is 0 Å². The van der Waals surface area contributed by atoms with E-state index in [0.717, 1.165) is 6.07 Å². The molecule has 0 atom stereocenters. The molecule has 0 bridgehead atoms. The van der Waals surface area contributed by atoms with Gasteiger partial charge in [0.25, 0.3) is 11.6 Å². The molecule has 0 spiro atoms. The average molecular weight is 465 g/mol. The van der Waals surface area contributed by atoms with Gasteiger partial charge in [0.05, 0.1) is 26.5 Å². The first-order valence-electron chi connectivity index (χ1n) is 9.07. The van der Waals surface area contributed by atoms with Crippen LogP contribution in [0.25, 0.3) is 0 Å². The van der Waals surface area contributed by atoms with Crippen molar-refractivity contribution in [3.8, 4) is 11.8 Å². The molecular formula is C19H17ClN4O6S. The number of non-ortho nitro benzene ring substituents is 1. The lowest BCUT2D eigenvalue weighted by Crippen LogP contribution is -2.51. The van der Waals surface area contributed by atoms with E-state index in [2.05, 4.69) is 0 Å². The number of hydrogen-bond donors (Lipinski definition) is 0. The molecule has 1 saturated heterocycles. The Morgan fingerprint density at radius 3 is 2.52 bits per heavy atom. The lowest BCUT2D eigenvalue weighted by molar-refractivity contribution is -0.385. The zero-order valence-corrected chi connectivity index (χ0v) is 17.7. The summed E-state index contributed by atoms with van der Waals surface area (Å²) < 4.78 is 32.2. The summed E-state index contributed by atoms with van der Waals surface area (Å²) in [4.78, 5) is 24.0. The maximum absolute atomic E-state index is 12.8. The number of ether oxygens (including phenoxy) is 1. The Labute approximate surface area is 183 Å². The van der Waals surface area contributed by atoms with Crippen LogP contribution in [0.2, 0.25) is 5.02 Å². The quantitative estimate of drug-likeness (QED) is 0.471. The molecule has 2 aromatic rings. The van der Waals surface area contributed by atoms with Crippen molar-refractivity contribution in [3.05, 3.63) is 63.2 Å². The lowest BCUT2D eigenvalue weighted by atomic mass is 10.2. The Bertz CT molecular complexity index is 1160. The topological polar surface area (TPSA) is 134 Å². The second kappa shape index (κ2) is 9.30. The molecule has 0 saturated carbocycles. The normalized spacial score (nSPS) is 14.6. The van der Waals surface area contributed by atoms with Gasteiger partial charge in [-0.2, -0.15) is 9.57 Å². The number of piperazine rings is 1. The third kappa shape index (κ3) is 5.11. The highest BCUT2D eigenvalue weighted by Gasteiger charge is 2.31. The van der Waals surface area contributed by atoms with Gasteiger partial charge in [-0.15, -0.1) is 0 Å². The molecule has 1 amide bonds. The number of rotatable bonds is 6. The van der Waals surface area contributed by atoms with Gasteiger partial charge in [-0.05, 0) is 24.3 Å². The van der Waals surface area contributed by atoms with Crippen molar-refractivity contribution in [1.29, 1.82) is 5.26 Å². The molecule has 10 nitrogen and oxygen atoms in total. The molecule has 2 aromatic carbocycles. The highest BCUT2D eigenvalue weighted by atomic mass is 35.5. The highest BCUT2D eigenvalue weighted by molar-refractivity contribution is 7.89. The summed E-state index contributed by atoms with van der Waals surface area (Å²) in [6, 6.07) is 11.2. The fourth-order valence-electron chi connectivity index (χ4n) is 3.00. The number of sulfonamides is 1. The minimum absolute atomic E-state index is 0.0500. The van der Waals surface area contributed by atoms with E-state index >= 15 is 0 Å². The van der Waals surface area contributed by atoms with E-state index in [4.69, 9.17) is 21.6 Å². The summed E-state index contributed by atoms with van der Waals surface area (Å²) in [5.41, 5.74) is 0.0539. The van der Waals surface area contributed by atoms with Crippen molar-refractivity contribution in [3.63, 3.8) is 0 Å². The van der Waals surface area contributed by atoms with Crippen molar-refractivity contribution in [2.24, 2.45) is 0 Å². The van der Waals surface area contributed by atoms with Crippen LogP contribution in [0.1, 0.15) is 5.56 Å². The maximum atomic E-state index is 12.8. The van der Waals surface area contributed by atoms with Gasteiger partial charge in [0, 0.05) is 38.3 Å². The van der Waals surface area contributed by atoms with E-state index in [0.29, 0.717) is 5.56 Å². The molecule has 1 fully saturated rings. The molecule has 0 unspecified atom stereocenters. The number of nitriles is 1. The van der Waals surface area contributed by atoms with Crippen molar-refractivity contribution in [2.45, 2.75) is 4.90 Å². The fraction of sp³-hybridized carbons (Fsp3) is 0.263. The number of carbonyl (C=O) groups excluding carboxylic acids is 1. The van der Waals surface area contributed by atoms with Gasteiger partial charge < -0.3 is 9.64 Å². The van der Waals surface area contributed by atoms with E-state index in [9.17, 15) is 23.3 Å². The maximum Gasteiger partial charge on any atom is 0.270 e. The SMILES string of the molecule is N#Cc1ccc(OCC(=O)N2CCN(S(=O)(=O)c3cccc([N+](=O)[O-])c3)CC2)c(Cl)c1. The zero-order valence-electron chi connectivity index (χ0n) is 16.1. The number of halogens is 1. The van der Waals surface area contributed by atoms with Crippen molar-refractivity contribution >= 4 is 33.2 Å². The van der Waals surface area contributed by atoms with Crippen LogP contribution in [0.5, 0.6) is 5.75 Å². The van der Waals surface area contributed by atoms with Gasteiger partial charge in [0.1, 0.15) is 5.75 Å². The van der Waals surface area contributed by atoms with E-state index in [-0.39, 0.29) is 60.0 Å². The van der Waals surface area contributed by atoms with Crippen LogP contribution in [0.3, 0.4) is 0 Å². The first kappa shape index (κ1) is 22.5. The van der Waals surface area contributed by atoms with Gasteiger partial charge >= 0.3 is 0 Å². The Morgan fingerprint density at radius 1 is 1.19 bits per heavy atom. The average Bonchev–Trinajstić information content (AvgIpc) is 2.78. The molecule has 1 aliphatic rings. The van der Waals surface area contributed by atoms with Crippen LogP contribution in [-0.4, -0.2) is 61.2 Å². The molecule has 0 aromatic heterocycles. The van der Waals surface area contributed by atoms with E-state index in [1.165, 1.54) is 45.6 Å². The minimum Gasteiger partial charge on any atom is -0.482 e. The van der Waals surface area contributed by atoms with Crippen LogP contribution in [0.4, 0.5) is 5.69 Å². The molecule has 1 aliphatic heterocycles. The standard InChI is InChI=1S/C19H17ClN4O6S/c20-17-10-14(12-21)4-5-18(17)30-13-19(25)22-6-8-23(9-7-22)31(28,29)16-3-1-2-15(11-16)24(26)27/h1-5,10-11H,6-9,13H2. The summed E-state index contributed by atoms with van der Waals surface area (Å²) in [5.74, 6) is -0.0753. The van der Waals surface area contributed by atoms with Crippen molar-refractivity contribution < 1.29 is 22.9 Å². The number of benzene rings is 2. The fourth-order valence-corrected chi connectivity index (χ4v) is 4.70. The monoisotopic (exact) mass is 464 g/mol. The number of carbonyl (C=O) groups is 1. The highest BCUT2D eigenvalue weighted by Crippen LogP contribution is 2.25. The first-order chi connectivity index (χ1) is 14.7. The first-order valence-corrected chi connectivity index (χ1v) is 10.9. The third-order valence-electron chi connectivity index (χ3n) is 4.67. The van der Waals surface area contributed by atoms with Crippen LogP contribution < -0.4 is 4.74 Å². The second-order valence-electron chi connectivity index (χ2n) is 6.59. The summed E-state index contributed by atoms with van der Waals surface area (Å²) in [5, 5.41) is 20.0. The second-order valence-corrected chi connectivity index (χ2v) is 8.93. The van der Waals surface area contributed by atoms with Crippen LogP contribution in [0.15, 0.2) is 47.4 Å². The molecule has 0 radical (unpaired) electrons. The Kier molecular flexibility index (Phi) is 6.74. The largest absolute Gasteiger partial charge is 0.482 e. The lowest BCUT2D eigenvalue weighted by Gasteiger charge is -2.33. The molecule has 1 heterocycles. The summed E-state index contributed by atoms with van der Waals surface area (Å²) >= 11 is 6.02. The third-order valence-corrected chi connectivity index (χ3v) is 6.86. The number of amides is 1. The summed E-state index contributed by atoms with van der Waals surface area (Å²) in [7, 11) is -3.92. The molecule has 162 valence electrons. The van der Waals surface area contributed by atoms with Gasteiger partial charge in [-0.3, -0.25) is 14.9 Å². The number of nitrogens with zero attached hydrogens (tertiary/aromatic N) is 4. The smallest absolute Gasteiger partial charge is 0.270 e. The minimum atomic E-state index is -3.92. The van der Waals surface area contributed by atoms with Crippen molar-refractivity contribution in [1.82, 2.24) is 9.21 Å². The molecular weight excluding hydrogens is 448 g/mol. The Morgan fingerprint density at radius 2 is 1.90 bits per heavy atom. The molecule has 0 aliphatic carbocycles. The van der Waals surface area contributed by atoms with Gasteiger partial charge in [-0.1, -0.05) is 17.7 Å².